The van der Waals surface area contributed by atoms with Crippen LogP contribution in [0.25, 0.3) is 5.57 Å². The molecule has 0 bridgehead atoms. The quantitative estimate of drug-likeness (QED) is 0.650. The van der Waals surface area contributed by atoms with Crippen LogP contribution in [0.4, 0.5) is 0 Å². The zero-order chi connectivity index (χ0) is 14.4. The summed E-state index contributed by atoms with van der Waals surface area (Å²) in [7, 11) is 1.38. The molecule has 1 atom stereocenters. The molecule has 1 N–H and O–H groups in total. The number of hydrogen-bond acceptors (Lipinski definition) is 3. The van der Waals surface area contributed by atoms with Gasteiger partial charge in [0.1, 0.15) is 5.75 Å². The normalized spacial score (nSPS) is 12.9. The molecule has 3 nitrogen and oxygen atoms in total. The number of ether oxygens (including phenoxy) is 1. The number of allylic oxidation sites excluding steroid dienone is 2. The third-order valence-corrected chi connectivity index (χ3v) is 3.16. The molecule has 3 heteroatoms. The van der Waals surface area contributed by atoms with Gasteiger partial charge in [0.15, 0.2) is 0 Å². The number of hydrogen-bond donors (Lipinski definition) is 1. The summed E-state index contributed by atoms with van der Waals surface area (Å²) < 4.78 is 4.74. The minimum atomic E-state index is -0.298. The van der Waals surface area contributed by atoms with Crippen LogP contribution in [0.15, 0.2) is 42.5 Å². The van der Waals surface area contributed by atoms with E-state index in [-0.39, 0.29) is 17.6 Å². The number of phenolic OH excluding ortho intramolecular Hbond substituents is 1. The van der Waals surface area contributed by atoms with Crippen LogP contribution in [0.3, 0.4) is 0 Å². The highest BCUT2D eigenvalue weighted by Crippen LogP contribution is 2.28. The van der Waals surface area contributed by atoms with E-state index in [0.717, 1.165) is 11.1 Å². The summed E-state index contributed by atoms with van der Waals surface area (Å²) in [5.74, 6) is 0.0515. The molecule has 0 aliphatic rings. The maximum atomic E-state index is 11.5. The van der Waals surface area contributed by atoms with Crippen molar-refractivity contribution in [1.82, 2.24) is 0 Å². The van der Waals surface area contributed by atoms with E-state index in [0.29, 0.717) is 12.0 Å². The lowest BCUT2D eigenvalue weighted by atomic mass is 9.90. The number of aromatic hydroxyl groups is 1. The molecule has 1 rings (SSSR count). The van der Waals surface area contributed by atoms with Crippen LogP contribution in [0.1, 0.15) is 25.8 Å². The highest BCUT2D eigenvalue weighted by atomic mass is 16.5. The summed E-state index contributed by atoms with van der Waals surface area (Å²) in [5, 5.41) is 9.27. The average molecular weight is 260 g/mol. The molecule has 1 unspecified atom stereocenters. The van der Waals surface area contributed by atoms with Crippen molar-refractivity contribution in [3.05, 3.63) is 48.1 Å². The van der Waals surface area contributed by atoms with Gasteiger partial charge < -0.3 is 9.84 Å². The van der Waals surface area contributed by atoms with Gasteiger partial charge in [-0.15, -0.1) is 0 Å². The van der Waals surface area contributed by atoms with Crippen molar-refractivity contribution in [2.75, 3.05) is 7.11 Å². The Morgan fingerprint density at radius 2 is 2.00 bits per heavy atom. The van der Waals surface area contributed by atoms with Crippen LogP contribution in [0.2, 0.25) is 0 Å². The molecule has 0 saturated carbocycles. The summed E-state index contributed by atoms with van der Waals surface area (Å²) in [5.41, 5.74) is 2.55. The fraction of sp³-hybridized carbons (Fsp3) is 0.312. The van der Waals surface area contributed by atoms with Gasteiger partial charge in [0.25, 0.3) is 0 Å². The second-order valence-corrected chi connectivity index (χ2v) is 4.48. The molecule has 1 aromatic rings. The summed E-state index contributed by atoms with van der Waals surface area (Å²) in [4.78, 5) is 11.5. The smallest absolute Gasteiger partial charge is 0.333 e. The van der Waals surface area contributed by atoms with Gasteiger partial charge in [-0.2, -0.15) is 0 Å². The zero-order valence-electron chi connectivity index (χ0n) is 11.6. The lowest BCUT2D eigenvalue weighted by molar-refractivity contribution is -0.136. The van der Waals surface area contributed by atoms with Crippen molar-refractivity contribution in [2.24, 2.45) is 5.92 Å². The van der Waals surface area contributed by atoms with Crippen LogP contribution in [0.5, 0.6) is 5.75 Å². The Hall–Kier alpha value is -2.03. The predicted molar refractivity (Wildman–Crippen MR) is 76.7 cm³/mol. The van der Waals surface area contributed by atoms with Crippen LogP contribution in [-0.2, 0) is 9.53 Å². The molecular formula is C16H20O3. The highest BCUT2D eigenvalue weighted by Gasteiger charge is 2.16. The molecule has 0 saturated heterocycles. The fourth-order valence-electron chi connectivity index (χ4n) is 1.86. The van der Waals surface area contributed by atoms with E-state index >= 15 is 0 Å². The zero-order valence-corrected chi connectivity index (χ0v) is 11.6. The minimum absolute atomic E-state index is 0.120. The molecule has 0 amide bonds. The Balaban J connectivity index is 2.77. The number of rotatable bonds is 5. The first-order valence-electron chi connectivity index (χ1n) is 6.21. The Kier molecular flexibility index (Phi) is 5.37. The lowest BCUT2D eigenvalue weighted by Crippen LogP contribution is -2.09. The first-order valence-corrected chi connectivity index (χ1v) is 6.21. The fourth-order valence-corrected chi connectivity index (χ4v) is 1.86. The van der Waals surface area contributed by atoms with Crippen molar-refractivity contribution in [3.63, 3.8) is 0 Å². The molecule has 102 valence electrons. The molecule has 0 radical (unpaired) electrons. The van der Waals surface area contributed by atoms with E-state index in [1.165, 1.54) is 7.11 Å². The van der Waals surface area contributed by atoms with Gasteiger partial charge in [0.05, 0.1) is 7.11 Å². The molecule has 0 heterocycles. The first kappa shape index (κ1) is 15.0. The van der Waals surface area contributed by atoms with Gasteiger partial charge in [0, 0.05) is 5.57 Å². The largest absolute Gasteiger partial charge is 0.508 e. The van der Waals surface area contributed by atoms with Crippen molar-refractivity contribution in [2.45, 2.75) is 20.3 Å². The van der Waals surface area contributed by atoms with Gasteiger partial charge in [-0.1, -0.05) is 31.7 Å². The minimum Gasteiger partial charge on any atom is -0.508 e. The molecule has 0 aliphatic heterocycles. The number of carbonyl (C=O) groups is 1. The maximum absolute atomic E-state index is 11.5. The number of phenols is 1. The Labute approximate surface area is 114 Å². The van der Waals surface area contributed by atoms with Gasteiger partial charge >= 0.3 is 5.97 Å². The molecular weight excluding hydrogens is 240 g/mol. The van der Waals surface area contributed by atoms with Crippen LogP contribution in [-0.4, -0.2) is 18.2 Å². The predicted octanol–water partition coefficient (Wildman–Crippen LogP) is 3.55. The van der Waals surface area contributed by atoms with Crippen molar-refractivity contribution >= 4 is 11.5 Å². The van der Waals surface area contributed by atoms with E-state index in [1.54, 1.807) is 18.2 Å². The Morgan fingerprint density at radius 3 is 2.47 bits per heavy atom. The summed E-state index contributed by atoms with van der Waals surface area (Å²) in [6.45, 7) is 7.90. The van der Waals surface area contributed by atoms with Crippen LogP contribution in [0, 0.1) is 5.92 Å². The summed E-state index contributed by atoms with van der Waals surface area (Å²) in [6, 6.07) is 6.90. The van der Waals surface area contributed by atoms with Crippen LogP contribution >= 0.6 is 0 Å². The topological polar surface area (TPSA) is 46.5 Å². The first-order chi connectivity index (χ1) is 8.99. The molecule has 1 aromatic carbocycles. The van der Waals surface area contributed by atoms with E-state index < -0.39 is 0 Å². The second-order valence-electron chi connectivity index (χ2n) is 4.48. The summed E-state index contributed by atoms with van der Waals surface area (Å²) in [6.07, 6.45) is 2.36. The summed E-state index contributed by atoms with van der Waals surface area (Å²) >= 11 is 0. The number of benzene rings is 1. The van der Waals surface area contributed by atoms with E-state index in [4.69, 9.17) is 4.74 Å². The second kappa shape index (κ2) is 6.78. The maximum Gasteiger partial charge on any atom is 0.333 e. The van der Waals surface area contributed by atoms with E-state index in [9.17, 15) is 9.90 Å². The van der Waals surface area contributed by atoms with E-state index in [1.807, 2.05) is 26.0 Å². The average Bonchev–Trinajstić information content (AvgIpc) is 2.43. The number of carbonyl (C=O) groups excluding carboxylic acids is 1. The van der Waals surface area contributed by atoms with Gasteiger partial charge in [-0.25, -0.2) is 4.79 Å². The lowest BCUT2D eigenvalue weighted by Gasteiger charge is -2.16. The molecule has 19 heavy (non-hydrogen) atoms. The van der Waals surface area contributed by atoms with Crippen molar-refractivity contribution in [1.29, 1.82) is 0 Å². The molecule has 0 fully saturated rings. The highest BCUT2D eigenvalue weighted by molar-refractivity contribution is 5.88. The standard InChI is InChI=1S/C16H20O3/c1-5-13(16(18)19-4)10-11(2)12(3)14-6-8-15(17)9-7-14/h5-9,11,17H,3,10H2,1-2,4H3. The van der Waals surface area contributed by atoms with Crippen molar-refractivity contribution < 1.29 is 14.6 Å². The monoisotopic (exact) mass is 260 g/mol. The van der Waals surface area contributed by atoms with Gasteiger partial charge in [0.2, 0.25) is 0 Å². The van der Waals surface area contributed by atoms with Crippen LogP contribution < -0.4 is 0 Å². The third kappa shape index (κ3) is 3.98. The Morgan fingerprint density at radius 1 is 1.42 bits per heavy atom. The van der Waals surface area contributed by atoms with E-state index in [2.05, 4.69) is 6.58 Å². The molecule has 0 spiro atoms. The molecule has 0 aliphatic carbocycles. The SMILES string of the molecule is C=C(c1ccc(O)cc1)C(C)CC(=CC)C(=O)OC. The van der Waals surface area contributed by atoms with Gasteiger partial charge in [-0.3, -0.25) is 0 Å². The Bertz CT molecular complexity index is 483. The number of esters is 1. The van der Waals surface area contributed by atoms with Crippen molar-refractivity contribution in [3.8, 4) is 5.75 Å². The van der Waals surface area contributed by atoms with Gasteiger partial charge in [-0.05, 0) is 42.5 Å². The number of methoxy groups -OCH3 is 1. The third-order valence-electron chi connectivity index (χ3n) is 3.16. The molecule has 0 aromatic heterocycles.